The average molecular weight is 1500 g/mol. The van der Waals surface area contributed by atoms with E-state index in [0.717, 1.165) is 68.8 Å². The molecule has 72 heavy (non-hydrogen) atoms. The number of imidazole rings is 1. The van der Waals surface area contributed by atoms with Gasteiger partial charge in [0.25, 0.3) is 0 Å². The predicted molar refractivity (Wildman–Crippen MR) is 376 cm³/mol. The molecule has 2 N–H and O–H groups in total. The lowest BCUT2D eigenvalue weighted by Gasteiger charge is -2.14. The summed E-state index contributed by atoms with van der Waals surface area (Å²) in [5, 5.41) is 29.0. The van der Waals surface area contributed by atoms with Crippen molar-refractivity contribution < 1.29 is 15.0 Å². The Morgan fingerprint density at radius 1 is 0.444 bits per heavy atom. The number of aromatic hydroxyl groups is 2. The highest BCUT2D eigenvalue weighted by atomic mass is 79.9. The Bertz CT molecular complexity index is 4370. The minimum atomic E-state index is 0.0358. The lowest BCUT2D eigenvalue weighted by molar-refractivity contribution is 0.112. The Kier molecular flexibility index (Phi) is 28.5. The molecule has 0 saturated heterocycles. The summed E-state index contributed by atoms with van der Waals surface area (Å²) in [4.78, 5) is 15.8. The van der Waals surface area contributed by atoms with E-state index in [9.17, 15) is 15.0 Å². The second-order valence-corrected chi connectivity index (χ2v) is 48.5. The van der Waals surface area contributed by atoms with Crippen LogP contribution >= 0.6 is 31.9 Å². The molecule has 5 nitrogen and oxygen atoms in total. The summed E-state index contributed by atoms with van der Waals surface area (Å²) >= 11 is 26.1. The van der Waals surface area contributed by atoms with E-state index < -0.39 is 0 Å². The van der Waals surface area contributed by atoms with E-state index in [1.807, 2.05) is 72.8 Å². The minimum absolute atomic E-state index is 0.0358. The zero-order chi connectivity index (χ0) is 51.1. The quantitative estimate of drug-likeness (QED) is 0.134. The summed E-state index contributed by atoms with van der Waals surface area (Å²) in [6.45, 7) is 0. The van der Waals surface area contributed by atoms with Gasteiger partial charge in [0, 0.05) is 239 Å². The van der Waals surface area contributed by atoms with Crippen LogP contribution in [0.3, 0.4) is 0 Å². The maximum absolute atomic E-state index is 11.2. The van der Waals surface area contributed by atoms with Gasteiger partial charge in [-0.25, -0.2) is 4.98 Å². The van der Waals surface area contributed by atoms with Crippen LogP contribution in [0.15, 0.2) is 148 Å². The van der Waals surface area contributed by atoms with Crippen molar-refractivity contribution in [1.82, 2.24) is 9.55 Å². The molecular weight excluding hydrogens is 1480 g/mol. The van der Waals surface area contributed by atoms with Gasteiger partial charge in [-0.3, -0.25) is 9.36 Å². The molecule has 0 aliphatic heterocycles. The Labute approximate surface area is 504 Å². The number of hydrogen-bond donors (Lipinski definition) is 2. The number of halogens is 2. The van der Waals surface area contributed by atoms with Crippen LogP contribution in [0.4, 0.5) is 0 Å². The lowest BCUT2D eigenvalue weighted by atomic mass is 10.00. The average Bonchev–Trinajstić information content (AvgIpc) is 3.81. The number of aldehydes is 1. The third kappa shape index (κ3) is 18.1. The second-order valence-electron chi connectivity index (χ2n) is 13.1. The number of fused-ring (bicyclic) bond motifs is 8. The molecule has 0 fully saturated rings. The normalized spacial score (nSPS) is 9.92. The van der Waals surface area contributed by atoms with Crippen LogP contribution in [0.25, 0.3) is 71.2 Å². The van der Waals surface area contributed by atoms with Crippen molar-refractivity contribution >= 4 is 306 Å². The Hall–Kier alpha value is -0.440. The van der Waals surface area contributed by atoms with Crippen LogP contribution in [0.2, 0.25) is 0 Å². The van der Waals surface area contributed by atoms with E-state index in [0.29, 0.717) is 23.2 Å². The van der Waals surface area contributed by atoms with E-state index in [2.05, 4.69) is 136 Å². The van der Waals surface area contributed by atoms with Gasteiger partial charge in [-0.1, -0.05) is 111 Å². The number of nitrogens with zero attached hydrogens (tertiary/aromatic N) is 2. The fourth-order valence-electron chi connectivity index (χ4n) is 6.68. The van der Waals surface area contributed by atoms with Crippen molar-refractivity contribution in [3.05, 3.63) is 154 Å². The van der Waals surface area contributed by atoms with Crippen LogP contribution in [-0.4, -0.2) is 26.1 Å². The van der Waals surface area contributed by atoms with Crippen molar-refractivity contribution in [2.75, 3.05) is 0 Å². The smallest absolute Gasteiger partial charge is 0.153 e. The van der Waals surface area contributed by atoms with Crippen molar-refractivity contribution in [3.8, 4) is 28.6 Å². The number of rotatable bonds is 3. The third-order valence-electron chi connectivity index (χ3n) is 9.25. The molecule has 8 aromatic carbocycles. The van der Waals surface area contributed by atoms with Gasteiger partial charge in [0.1, 0.15) is 17.3 Å². The summed E-state index contributed by atoms with van der Waals surface area (Å²) in [5.41, 5.74) is 3.91. The molecule has 0 atom stereocenters. The molecule has 374 valence electrons. The van der Waals surface area contributed by atoms with Crippen molar-refractivity contribution in [2.45, 2.75) is 0 Å². The van der Waals surface area contributed by atoms with Crippen LogP contribution in [0.1, 0.15) is 10.4 Å². The number of para-hydroxylation sites is 1. The zero-order valence-corrected chi connectivity index (χ0v) is 57.2. The highest BCUT2D eigenvalue weighted by Crippen LogP contribution is 2.43. The SMILES string of the molecule is O=Cc1cc2ccccc2cc1O.Oc1cc2ccccc2cc1-c1nc2c3cc(Br)ccc3c3ccc(Br)cc3c2n1-c1ccccc1.S=S=S=S=S=S=S=S=S=S=S.S=S=S=S=S=S=S=S=S=S=S=S. The maximum atomic E-state index is 11.2. The monoisotopic (exact) mass is 1500 g/mol. The minimum Gasteiger partial charge on any atom is -0.507 e. The highest BCUT2D eigenvalue weighted by Gasteiger charge is 2.22. The van der Waals surface area contributed by atoms with E-state index in [4.69, 9.17) is 4.98 Å². The summed E-state index contributed by atoms with van der Waals surface area (Å²) in [6.07, 6.45) is 0.655. The van der Waals surface area contributed by atoms with Crippen molar-refractivity contribution in [3.63, 3.8) is 0 Å². The standard InChI is InChI=1S/C31H18Br2N2O.C11H8O2.S12.S11/c32-20-10-12-23-24-13-11-21(33)17-26(24)30-29(25(23)16-20)34-31(35(30)22-8-2-1-3-9-22)27-14-18-6-4-5-7-19(18)15-28(27)36;12-7-10-5-8-3-1-2-4-9(8)6-11(10)13;1-3-5-7-9-11-12-10-8-6-4-2;1-3-5-7-9-11-10-8-6-4-2/h1-17,36H;1-7,13H;;. The van der Waals surface area contributed by atoms with Crippen LogP contribution in [0, 0.1) is 0 Å². The fraction of sp³-hybridized carbons (Fsp3) is 0. The Morgan fingerprint density at radius 2 is 0.847 bits per heavy atom. The molecule has 0 aliphatic carbocycles. The zero-order valence-electron chi connectivity index (χ0n) is 35.2. The number of phenolic OH excluding ortho intramolecular Hbond substituents is 2. The largest absolute Gasteiger partial charge is 0.507 e. The fourth-order valence-corrected chi connectivity index (χ4v) is 48.6. The summed E-state index contributed by atoms with van der Waals surface area (Å²) in [6, 6.07) is 45.7. The molecule has 0 bridgehead atoms. The molecule has 0 unspecified atom stereocenters. The molecule has 0 amide bonds. The molecular formula is C42H26Br2N2O3S23. The topological polar surface area (TPSA) is 75.3 Å². The Balaban J connectivity index is 0.000000193. The first kappa shape index (κ1) is 60.8. The summed E-state index contributed by atoms with van der Waals surface area (Å²) in [5.74, 6) is 0.944. The van der Waals surface area contributed by atoms with E-state index in [1.165, 1.54) is 35.5 Å². The van der Waals surface area contributed by atoms with Gasteiger partial charge in [-0.05, 0) is 93.0 Å². The molecule has 0 radical (unpaired) electrons. The van der Waals surface area contributed by atoms with Gasteiger partial charge in [0.15, 0.2) is 6.29 Å². The van der Waals surface area contributed by atoms with Crippen LogP contribution in [-0.2, 0) is 213 Å². The molecule has 9 aromatic rings. The first-order valence-electron chi connectivity index (χ1n) is 19.1. The van der Waals surface area contributed by atoms with Gasteiger partial charge in [-0.15, -0.1) is 0 Å². The van der Waals surface area contributed by atoms with Gasteiger partial charge >= 0.3 is 0 Å². The molecule has 0 aliphatic rings. The molecule has 1 heterocycles. The van der Waals surface area contributed by atoms with E-state index in [1.54, 1.807) is 145 Å². The molecule has 0 spiro atoms. The Morgan fingerprint density at radius 3 is 1.32 bits per heavy atom. The van der Waals surface area contributed by atoms with Crippen molar-refractivity contribution in [1.29, 1.82) is 0 Å². The first-order chi connectivity index (χ1) is 35.2. The molecule has 0 saturated carbocycles. The van der Waals surface area contributed by atoms with E-state index in [-0.39, 0.29) is 11.5 Å². The number of hydrogen-bond acceptors (Lipinski definition) is 8. The molecule has 9 rings (SSSR count). The number of carbonyl (C=O) groups excluding carboxylic acids is 1. The number of phenols is 2. The summed E-state index contributed by atoms with van der Waals surface area (Å²) in [7, 11) is 30.8. The molecule has 1 aromatic heterocycles. The lowest BCUT2D eigenvalue weighted by Crippen LogP contribution is -1.98. The van der Waals surface area contributed by atoms with E-state index >= 15 is 0 Å². The first-order valence-corrected chi connectivity index (χ1v) is 48.7. The van der Waals surface area contributed by atoms with Gasteiger partial charge in [0.05, 0.1) is 22.2 Å². The maximum Gasteiger partial charge on any atom is 0.153 e. The van der Waals surface area contributed by atoms with Gasteiger partial charge in [-0.2, -0.15) is 0 Å². The van der Waals surface area contributed by atoms with Crippen molar-refractivity contribution in [2.24, 2.45) is 0 Å². The van der Waals surface area contributed by atoms with Gasteiger partial charge in [0.2, 0.25) is 0 Å². The molecule has 30 heteroatoms. The summed E-state index contributed by atoms with van der Waals surface area (Å²) < 4.78 is 4.18. The number of aromatic nitrogens is 2. The number of carbonyl (C=O) groups is 1. The number of benzene rings is 8. The van der Waals surface area contributed by atoms with Gasteiger partial charge < -0.3 is 10.2 Å². The predicted octanol–water partition coefficient (Wildman–Crippen LogP) is 11.7. The third-order valence-corrected chi connectivity index (χ3v) is 48.0. The second kappa shape index (κ2) is 33.8. The van der Waals surface area contributed by atoms with Crippen LogP contribution in [0.5, 0.6) is 11.5 Å². The van der Waals surface area contributed by atoms with Crippen LogP contribution < -0.4 is 0 Å². The highest BCUT2D eigenvalue weighted by molar-refractivity contribution is 9.10.